The summed E-state index contributed by atoms with van der Waals surface area (Å²) in [6, 6.07) is 17.5. The Labute approximate surface area is 188 Å². The quantitative estimate of drug-likeness (QED) is 0.226. The lowest BCUT2D eigenvalue weighted by molar-refractivity contribution is 0.597. The van der Waals surface area contributed by atoms with Gasteiger partial charge in [0.1, 0.15) is 11.3 Å². The predicted octanol–water partition coefficient (Wildman–Crippen LogP) is 9.18. The van der Waals surface area contributed by atoms with Crippen molar-refractivity contribution >= 4 is 22.1 Å². The van der Waals surface area contributed by atoms with Gasteiger partial charge in [-0.2, -0.15) is 0 Å². The maximum Gasteiger partial charge on any atom is 0.134 e. The average Bonchev–Trinajstić information content (AvgIpc) is 3.21. The largest absolute Gasteiger partial charge is 0.456 e. The van der Waals surface area contributed by atoms with Crippen LogP contribution in [0.2, 0.25) is 0 Å². The van der Waals surface area contributed by atoms with Crippen molar-refractivity contribution in [3.63, 3.8) is 0 Å². The van der Waals surface area contributed by atoms with Gasteiger partial charge in [0.05, 0.1) is 0 Å². The third-order valence-electron chi connectivity index (χ3n) is 5.98. The van der Waals surface area contributed by atoms with Gasteiger partial charge in [-0.05, 0) is 85.1 Å². The first-order valence-electron chi connectivity index (χ1n) is 11.7. The van der Waals surface area contributed by atoms with E-state index >= 15 is 0 Å². The van der Waals surface area contributed by atoms with E-state index in [0.717, 1.165) is 53.6 Å². The molecule has 0 bridgehead atoms. The minimum atomic E-state index is 0.749. The second-order valence-corrected chi connectivity index (χ2v) is 8.51. The van der Waals surface area contributed by atoms with Crippen LogP contribution in [0.5, 0.6) is 0 Å². The normalized spacial score (nSPS) is 11.8. The molecule has 0 saturated heterocycles. The Bertz CT molecular complexity index is 1060. The van der Waals surface area contributed by atoms with Gasteiger partial charge in [0.25, 0.3) is 0 Å². The highest BCUT2D eigenvalue weighted by Gasteiger charge is 2.10. The number of unbranched alkanes of at least 4 members (excludes halogenated alkanes) is 2. The van der Waals surface area contributed by atoms with Gasteiger partial charge in [0.2, 0.25) is 0 Å². The number of rotatable bonds is 11. The smallest absolute Gasteiger partial charge is 0.134 e. The maximum absolute atomic E-state index is 6.03. The van der Waals surface area contributed by atoms with Gasteiger partial charge in [-0.3, -0.25) is 0 Å². The molecule has 0 fully saturated rings. The summed E-state index contributed by atoms with van der Waals surface area (Å²) in [5.41, 5.74) is 8.47. The highest BCUT2D eigenvalue weighted by Crippen LogP contribution is 2.29. The molecule has 0 radical (unpaired) electrons. The molecule has 1 aromatic heterocycles. The zero-order valence-corrected chi connectivity index (χ0v) is 19.5. The Morgan fingerprint density at radius 1 is 0.935 bits per heavy atom. The Balaban J connectivity index is 1.59. The van der Waals surface area contributed by atoms with Gasteiger partial charge in [0, 0.05) is 5.39 Å². The van der Waals surface area contributed by atoms with Crippen molar-refractivity contribution in [3.05, 3.63) is 95.8 Å². The lowest BCUT2D eigenvalue weighted by atomic mass is 9.95. The number of fused-ring (bicyclic) bond motifs is 1. The van der Waals surface area contributed by atoms with Crippen molar-refractivity contribution in [1.29, 1.82) is 0 Å². The molecule has 0 amide bonds. The van der Waals surface area contributed by atoms with E-state index in [4.69, 9.17) is 4.42 Å². The number of furan rings is 1. The van der Waals surface area contributed by atoms with Gasteiger partial charge in [0.15, 0.2) is 0 Å². The van der Waals surface area contributed by atoms with Gasteiger partial charge in [-0.15, -0.1) is 0 Å². The number of allylic oxidation sites excluding steroid dienone is 4. The van der Waals surface area contributed by atoms with Crippen LogP contribution in [0.1, 0.15) is 75.3 Å². The molecular weight excluding hydrogens is 376 g/mol. The Morgan fingerprint density at radius 3 is 2.35 bits per heavy atom. The first-order valence-corrected chi connectivity index (χ1v) is 11.7. The molecular formula is C30H36O. The number of hydrogen-bond acceptors (Lipinski definition) is 1. The Hall–Kier alpha value is -2.80. The zero-order chi connectivity index (χ0) is 22.2. The lowest BCUT2D eigenvalue weighted by Gasteiger charge is -2.10. The third-order valence-corrected chi connectivity index (χ3v) is 5.98. The molecule has 3 aromatic rings. The van der Waals surface area contributed by atoms with Gasteiger partial charge in [-0.25, -0.2) is 0 Å². The minimum absolute atomic E-state index is 0.749. The van der Waals surface area contributed by atoms with E-state index in [0.29, 0.717) is 0 Å². The molecule has 1 heteroatoms. The molecule has 0 atom stereocenters. The molecule has 3 rings (SSSR count). The summed E-state index contributed by atoms with van der Waals surface area (Å²) in [7, 11) is 0. The first kappa shape index (κ1) is 22.9. The molecule has 0 aliphatic rings. The molecule has 0 N–H and O–H groups in total. The van der Waals surface area contributed by atoms with Crippen molar-refractivity contribution in [2.75, 3.05) is 0 Å². The van der Waals surface area contributed by atoms with Gasteiger partial charge in [-0.1, -0.05) is 81.8 Å². The summed E-state index contributed by atoms with van der Waals surface area (Å²) in [6.07, 6.45) is 9.87. The fraction of sp³-hybridized carbons (Fsp3) is 0.333. The fourth-order valence-corrected chi connectivity index (χ4v) is 4.08. The molecule has 1 heterocycles. The topological polar surface area (TPSA) is 13.1 Å². The summed E-state index contributed by atoms with van der Waals surface area (Å²) in [4.78, 5) is 0. The highest BCUT2D eigenvalue weighted by molar-refractivity contribution is 5.82. The van der Waals surface area contributed by atoms with E-state index in [1.165, 1.54) is 41.5 Å². The SMILES string of the molecule is C=C(CC(=C)c1cc2cc(CC)ccc2o1)Cc1ccc(/C(=C/C)CCCCC)cc1. The van der Waals surface area contributed by atoms with Gasteiger partial charge >= 0.3 is 0 Å². The summed E-state index contributed by atoms with van der Waals surface area (Å²) in [6.45, 7) is 15.1. The van der Waals surface area contributed by atoms with Crippen LogP contribution >= 0.6 is 0 Å². The van der Waals surface area contributed by atoms with E-state index in [9.17, 15) is 0 Å². The Kier molecular flexibility index (Phi) is 8.12. The van der Waals surface area contributed by atoms with Crippen molar-refractivity contribution in [2.45, 2.75) is 65.7 Å². The van der Waals surface area contributed by atoms with Gasteiger partial charge < -0.3 is 4.42 Å². The zero-order valence-electron chi connectivity index (χ0n) is 19.5. The Morgan fingerprint density at radius 2 is 1.68 bits per heavy atom. The molecule has 0 spiro atoms. The third kappa shape index (κ3) is 6.10. The summed E-state index contributed by atoms with van der Waals surface area (Å²) >= 11 is 0. The van der Waals surface area contributed by atoms with E-state index in [-0.39, 0.29) is 0 Å². The number of hydrogen-bond donors (Lipinski definition) is 0. The van der Waals surface area contributed by atoms with E-state index < -0.39 is 0 Å². The standard InChI is InChI=1S/C30H36O/c1-6-9-10-11-26(8-3)27-15-12-25(13-16-27)19-22(4)18-23(5)30-21-28-20-24(7-2)14-17-29(28)31-30/h8,12-17,20-21H,4-7,9-11,18-19H2,1-3H3/b26-8+. The second-order valence-electron chi connectivity index (χ2n) is 8.51. The molecule has 31 heavy (non-hydrogen) atoms. The first-order chi connectivity index (χ1) is 15.0. The van der Waals surface area contributed by atoms with Crippen LogP contribution in [0, 0.1) is 0 Å². The second kappa shape index (κ2) is 11.0. The molecule has 162 valence electrons. The van der Waals surface area contributed by atoms with Crippen LogP contribution in [0.4, 0.5) is 0 Å². The van der Waals surface area contributed by atoms with Crippen LogP contribution in [0.3, 0.4) is 0 Å². The van der Waals surface area contributed by atoms with E-state index in [2.05, 4.69) is 88.5 Å². The fourth-order valence-electron chi connectivity index (χ4n) is 4.08. The van der Waals surface area contributed by atoms with Crippen LogP contribution in [0.25, 0.3) is 22.1 Å². The van der Waals surface area contributed by atoms with Crippen molar-refractivity contribution < 1.29 is 4.42 Å². The molecule has 2 aromatic carbocycles. The summed E-state index contributed by atoms with van der Waals surface area (Å²) < 4.78 is 6.03. The average molecular weight is 413 g/mol. The molecule has 0 aliphatic heterocycles. The monoisotopic (exact) mass is 412 g/mol. The molecule has 1 nitrogen and oxygen atoms in total. The van der Waals surface area contributed by atoms with Crippen LogP contribution in [-0.2, 0) is 12.8 Å². The number of benzene rings is 2. The maximum atomic E-state index is 6.03. The molecule has 0 unspecified atom stereocenters. The summed E-state index contributed by atoms with van der Waals surface area (Å²) in [5.74, 6) is 0.865. The van der Waals surface area contributed by atoms with Crippen molar-refractivity contribution in [1.82, 2.24) is 0 Å². The predicted molar refractivity (Wildman–Crippen MR) is 136 cm³/mol. The minimum Gasteiger partial charge on any atom is -0.456 e. The van der Waals surface area contributed by atoms with Crippen LogP contribution in [0.15, 0.2) is 77.8 Å². The van der Waals surface area contributed by atoms with Crippen LogP contribution < -0.4 is 0 Å². The highest BCUT2D eigenvalue weighted by atomic mass is 16.3. The molecule has 0 saturated carbocycles. The molecule has 0 aliphatic carbocycles. The van der Waals surface area contributed by atoms with Crippen molar-refractivity contribution in [2.24, 2.45) is 0 Å². The van der Waals surface area contributed by atoms with Crippen LogP contribution in [-0.4, -0.2) is 0 Å². The number of aryl methyl sites for hydroxylation is 1. The van der Waals surface area contributed by atoms with E-state index in [1.54, 1.807) is 0 Å². The summed E-state index contributed by atoms with van der Waals surface area (Å²) in [5, 5.41) is 1.15. The van der Waals surface area contributed by atoms with Crippen molar-refractivity contribution in [3.8, 4) is 0 Å². The van der Waals surface area contributed by atoms with E-state index in [1.807, 2.05) is 0 Å². The lowest BCUT2D eigenvalue weighted by Crippen LogP contribution is -1.93.